The van der Waals surface area contributed by atoms with Crippen LogP contribution in [-0.4, -0.2) is 49.0 Å². The molecule has 2 aliphatic rings. The van der Waals surface area contributed by atoms with Crippen molar-refractivity contribution in [1.82, 2.24) is 9.80 Å². The van der Waals surface area contributed by atoms with E-state index in [9.17, 15) is 4.79 Å². The SMILES string of the molecule is COc1cccc(C2(C)CCN(Cc3ccc(C(=O)N4CCCC4)cc3)C2)c1. The van der Waals surface area contributed by atoms with Crippen LogP contribution in [0.15, 0.2) is 48.5 Å². The summed E-state index contributed by atoms with van der Waals surface area (Å²) in [7, 11) is 1.72. The number of hydrogen-bond acceptors (Lipinski definition) is 3. The Labute approximate surface area is 168 Å². The standard InChI is InChI=1S/C24H30N2O2/c1-24(21-6-5-7-22(16-21)28-2)12-15-25(18-24)17-19-8-10-20(11-9-19)23(27)26-13-3-4-14-26/h5-11,16H,3-4,12-15,17-18H2,1-2H3. The molecule has 4 nitrogen and oxygen atoms in total. The number of amides is 1. The summed E-state index contributed by atoms with van der Waals surface area (Å²) in [5, 5.41) is 0. The highest BCUT2D eigenvalue weighted by Crippen LogP contribution is 2.36. The van der Waals surface area contributed by atoms with Gasteiger partial charge in [-0.1, -0.05) is 31.2 Å². The first kappa shape index (κ1) is 19.0. The molecule has 4 heteroatoms. The van der Waals surface area contributed by atoms with Gasteiger partial charge in [0.2, 0.25) is 0 Å². The summed E-state index contributed by atoms with van der Waals surface area (Å²) in [5.41, 5.74) is 3.59. The first-order valence-corrected chi connectivity index (χ1v) is 10.3. The van der Waals surface area contributed by atoms with Crippen LogP contribution in [-0.2, 0) is 12.0 Å². The Morgan fingerprint density at radius 3 is 2.54 bits per heavy atom. The second-order valence-corrected chi connectivity index (χ2v) is 8.45. The molecule has 1 amide bonds. The van der Waals surface area contributed by atoms with Gasteiger partial charge in [0, 0.05) is 37.2 Å². The van der Waals surface area contributed by atoms with E-state index in [0.29, 0.717) is 0 Å². The zero-order valence-corrected chi connectivity index (χ0v) is 17.0. The normalized spacial score (nSPS) is 22.6. The molecule has 2 aromatic rings. The number of likely N-dealkylation sites (tertiary alicyclic amines) is 2. The van der Waals surface area contributed by atoms with E-state index < -0.39 is 0 Å². The summed E-state index contributed by atoms with van der Waals surface area (Å²) >= 11 is 0. The summed E-state index contributed by atoms with van der Waals surface area (Å²) in [6, 6.07) is 16.7. The van der Waals surface area contributed by atoms with Crippen molar-refractivity contribution in [2.75, 3.05) is 33.3 Å². The van der Waals surface area contributed by atoms with Gasteiger partial charge in [-0.2, -0.15) is 0 Å². The van der Waals surface area contributed by atoms with Gasteiger partial charge < -0.3 is 9.64 Å². The lowest BCUT2D eigenvalue weighted by Crippen LogP contribution is -2.28. The fraction of sp³-hybridized carbons (Fsp3) is 0.458. The molecular weight excluding hydrogens is 348 g/mol. The number of methoxy groups -OCH3 is 1. The fourth-order valence-corrected chi connectivity index (χ4v) is 4.54. The van der Waals surface area contributed by atoms with Gasteiger partial charge in [0.1, 0.15) is 5.75 Å². The van der Waals surface area contributed by atoms with Crippen molar-refractivity contribution in [2.45, 2.75) is 38.1 Å². The largest absolute Gasteiger partial charge is 0.497 e. The number of nitrogens with zero attached hydrogens (tertiary/aromatic N) is 2. The van der Waals surface area contributed by atoms with Crippen LogP contribution in [0.5, 0.6) is 5.75 Å². The van der Waals surface area contributed by atoms with Gasteiger partial charge in [-0.25, -0.2) is 0 Å². The lowest BCUT2D eigenvalue weighted by atomic mass is 9.82. The maximum Gasteiger partial charge on any atom is 0.253 e. The minimum absolute atomic E-state index is 0.153. The number of carbonyl (C=O) groups excluding carboxylic acids is 1. The van der Waals surface area contributed by atoms with Crippen LogP contribution < -0.4 is 4.74 Å². The third-order valence-electron chi connectivity index (χ3n) is 6.32. The molecule has 0 aliphatic carbocycles. The van der Waals surface area contributed by atoms with Crippen molar-refractivity contribution >= 4 is 5.91 Å². The topological polar surface area (TPSA) is 32.8 Å². The third-order valence-corrected chi connectivity index (χ3v) is 6.32. The minimum atomic E-state index is 0.153. The number of hydrogen-bond donors (Lipinski definition) is 0. The van der Waals surface area contributed by atoms with Crippen LogP contribution >= 0.6 is 0 Å². The molecule has 0 bridgehead atoms. The molecule has 0 radical (unpaired) electrons. The molecule has 2 fully saturated rings. The Kier molecular flexibility index (Phi) is 5.40. The van der Waals surface area contributed by atoms with Crippen molar-refractivity contribution in [3.8, 4) is 5.75 Å². The van der Waals surface area contributed by atoms with Crippen molar-refractivity contribution < 1.29 is 9.53 Å². The van der Waals surface area contributed by atoms with E-state index in [1.807, 2.05) is 23.1 Å². The Bertz CT molecular complexity index is 827. The Balaban J connectivity index is 1.39. The van der Waals surface area contributed by atoms with Crippen molar-refractivity contribution in [1.29, 1.82) is 0 Å². The summed E-state index contributed by atoms with van der Waals surface area (Å²) in [5.74, 6) is 1.10. The molecule has 148 valence electrons. The predicted molar refractivity (Wildman–Crippen MR) is 112 cm³/mol. The molecule has 2 aliphatic heterocycles. The smallest absolute Gasteiger partial charge is 0.253 e. The highest BCUT2D eigenvalue weighted by atomic mass is 16.5. The van der Waals surface area contributed by atoms with E-state index >= 15 is 0 Å². The van der Waals surface area contributed by atoms with Crippen LogP contribution in [0.4, 0.5) is 0 Å². The Morgan fingerprint density at radius 2 is 1.82 bits per heavy atom. The Morgan fingerprint density at radius 1 is 1.07 bits per heavy atom. The van der Waals surface area contributed by atoms with E-state index in [0.717, 1.165) is 63.3 Å². The first-order chi connectivity index (χ1) is 13.6. The monoisotopic (exact) mass is 378 g/mol. The van der Waals surface area contributed by atoms with Gasteiger partial charge in [0.15, 0.2) is 0 Å². The van der Waals surface area contributed by atoms with Gasteiger partial charge in [-0.05, 0) is 61.2 Å². The number of carbonyl (C=O) groups is 1. The van der Waals surface area contributed by atoms with Crippen LogP contribution in [0.3, 0.4) is 0 Å². The van der Waals surface area contributed by atoms with Gasteiger partial charge >= 0.3 is 0 Å². The van der Waals surface area contributed by atoms with Crippen molar-refractivity contribution in [2.24, 2.45) is 0 Å². The highest BCUT2D eigenvalue weighted by Gasteiger charge is 2.35. The number of rotatable bonds is 5. The highest BCUT2D eigenvalue weighted by molar-refractivity contribution is 5.94. The van der Waals surface area contributed by atoms with Gasteiger partial charge in [-0.3, -0.25) is 9.69 Å². The molecule has 1 atom stereocenters. The maximum atomic E-state index is 12.5. The molecule has 0 N–H and O–H groups in total. The zero-order chi connectivity index (χ0) is 19.6. The minimum Gasteiger partial charge on any atom is -0.497 e. The van der Waals surface area contributed by atoms with Crippen LogP contribution in [0.2, 0.25) is 0 Å². The molecule has 28 heavy (non-hydrogen) atoms. The number of benzene rings is 2. The second-order valence-electron chi connectivity index (χ2n) is 8.45. The maximum absolute atomic E-state index is 12.5. The van der Waals surface area contributed by atoms with Crippen LogP contribution in [0, 0.1) is 0 Å². The van der Waals surface area contributed by atoms with Crippen molar-refractivity contribution in [3.05, 3.63) is 65.2 Å². The molecule has 4 rings (SSSR count). The molecule has 0 spiro atoms. The van der Waals surface area contributed by atoms with E-state index in [2.05, 4.69) is 42.2 Å². The van der Waals surface area contributed by atoms with E-state index in [4.69, 9.17) is 4.74 Å². The van der Waals surface area contributed by atoms with E-state index in [-0.39, 0.29) is 11.3 Å². The van der Waals surface area contributed by atoms with Crippen molar-refractivity contribution in [3.63, 3.8) is 0 Å². The van der Waals surface area contributed by atoms with Gasteiger partial charge in [0.05, 0.1) is 7.11 Å². The molecular formula is C24H30N2O2. The average Bonchev–Trinajstić information content (AvgIpc) is 3.39. The van der Waals surface area contributed by atoms with E-state index in [1.54, 1.807) is 7.11 Å². The fourth-order valence-electron chi connectivity index (χ4n) is 4.54. The molecule has 0 aromatic heterocycles. The average molecular weight is 379 g/mol. The Hall–Kier alpha value is -2.33. The summed E-state index contributed by atoms with van der Waals surface area (Å²) < 4.78 is 5.40. The first-order valence-electron chi connectivity index (χ1n) is 10.3. The van der Waals surface area contributed by atoms with Gasteiger partial charge in [0.25, 0.3) is 5.91 Å². The number of ether oxygens (including phenoxy) is 1. The molecule has 1 unspecified atom stereocenters. The lowest BCUT2D eigenvalue weighted by molar-refractivity contribution is 0.0793. The van der Waals surface area contributed by atoms with Crippen LogP contribution in [0.25, 0.3) is 0 Å². The summed E-state index contributed by atoms with van der Waals surface area (Å²) in [4.78, 5) is 17.0. The second kappa shape index (κ2) is 7.96. The molecule has 2 saturated heterocycles. The zero-order valence-electron chi connectivity index (χ0n) is 17.0. The third kappa shape index (κ3) is 3.93. The summed E-state index contributed by atoms with van der Waals surface area (Å²) in [6.07, 6.45) is 3.40. The van der Waals surface area contributed by atoms with Crippen LogP contribution in [0.1, 0.15) is 47.7 Å². The molecule has 0 saturated carbocycles. The quantitative estimate of drug-likeness (QED) is 0.785. The van der Waals surface area contributed by atoms with E-state index in [1.165, 1.54) is 11.1 Å². The van der Waals surface area contributed by atoms with Gasteiger partial charge in [-0.15, -0.1) is 0 Å². The molecule has 2 aromatic carbocycles. The predicted octanol–water partition coefficient (Wildman–Crippen LogP) is 4.09. The lowest BCUT2D eigenvalue weighted by Gasteiger charge is -2.26. The molecule has 2 heterocycles. The summed E-state index contributed by atoms with van der Waals surface area (Å²) in [6.45, 7) is 7.20.